The number of hydrogen-bond acceptors (Lipinski definition) is 3. The Labute approximate surface area is 102 Å². The second kappa shape index (κ2) is 4.84. The van der Waals surface area contributed by atoms with Crippen LogP contribution >= 0.6 is 0 Å². The number of rotatable bonds is 3. The number of hydrogen-bond donors (Lipinski definition) is 2. The molecular formula is C13H19N3O. The number of carbonyl (C=O) groups excluding carboxylic acids is 1. The second-order valence-electron chi connectivity index (χ2n) is 4.97. The van der Waals surface area contributed by atoms with Crippen LogP contribution in [0, 0.1) is 5.41 Å². The van der Waals surface area contributed by atoms with Crippen LogP contribution in [0.3, 0.4) is 0 Å². The Kier molecular flexibility index (Phi) is 3.43. The Morgan fingerprint density at radius 1 is 1.65 bits per heavy atom. The third-order valence-corrected chi connectivity index (χ3v) is 3.45. The minimum atomic E-state index is -0.267. The first-order chi connectivity index (χ1) is 8.12. The lowest BCUT2D eigenvalue weighted by molar-refractivity contribution is -0.129. The van der Waals surface area contributed by atoms with Crippen molar-refractivity contribution < 1.29 is 4.79 Å². The molecule has 1 saturated heterocycles. The zero-order valence-corrected chi connectivity index (χ0v) is 10.4. The summed E-state index contributed by atoms with van der Waals surface area (Å²) >= 11 is 0. The molecule has 17 heavy (non-hydrogen) atoms. The number of pyridine rings is 1. The number of nitrogens with one attached hydrogen (secondary N) is 2. The van der Waals surface area contributed by atoms with Gasteiger partial charge in [0.25, 0.3) is 0 Å². The number of amides is 1. The maximum absolute atomic E-state index is 12.2. The number of carbonyl (C=O) groups is 1. The summed E-state index contributed by atoms with van der Waals surface area (Å²) in [5, 5.41) is 6.29. The SMILES string of the molecule is C[C@@H](NC(=O)C1(C)CCNC1)c1cccnc1. The molecule has 1 aliphatic heterocycles. The van der Waals surface area contributed by atoms with Crippen molar-refractivity contribution in [1.82, 2.24) is 15.6 Å². The van der Waals surface area contributed by atoms with E-state index in [1.807, 2.05) is 26.0 Å². The second-order valence-corrected chi connectivity index (χ2v) is 4.97. The van der Waals surface area contributed by atoms with E-state index in [1.165, 1.54) is 0 Å². The molecule has 2 rings (SSSR count). The highest BCUT2D eigenvalue weighted by Gasteiger charge is 2.36. The first-order valence-corrected chi connectivity index (χ1v) is 6.03. The van der Waals surface area contributed by atoms with Crippen molar-refractivity contribution in [2.75, 3.05) is 13.1 Å². The van der Waals surface area contributed by atoms with Gasteiger partial charge in [0.1, 0.15) is 0 Å². The van der Waals surface area contributed by atoms with Crippen LogP contribution < -0.4 is 10.6 Å². The summed E-state index contributed by atoms with van der Waals surface area (Å²) in [4.78, 5) is 16.2. The summed E-state index contributed by atoms with van der Waals surface area (Å²) in [7, 11) is 0. The summed E-state index contributed by atoms with van der Waals surface area (Å²) in [6, 6.07) is 3.87. The lowest BCUT2D eigenvalue weighted by Crippen LogP contribution is -2.41. The molecule has 0 bridgehead atoms. The van der Waals surface area contributed by atoms with E-state index in [0.29, 0.717) is 0 Å². The molecule has 92 valence electrons. The molecule has 1 unspecified atom stereocenters. The lowest BCUT2D eigenvalue weighted by Gasteiger charge is -2.24. The molecule has 1 fully saturated rings. The van der Waals surface area contributed by atoms with Gasteiger partial charge < -0.3 is 10.6 Å². The summed E-state index contributed by atoms with van der Waals surface area (Å²) in [5.41, 5.74) is 0.770. The normalized spacial score (nSPS) is 25.5. The van der Waals surface area contributed by atoms with E-state index in [2.05, 4.69) is 15.6 Å². The third-order valence-electron chi connectivity index (χ3n) is 3.45. The molecule has 4 heteroatoms. The van der Waals surface area contributed by atoms with Gasteiger partial charge in [-0.3, -0.25) is 9.78 Å². The Balaban J connectivity index is 1.99. The standard InChI is InChI=1S/C13H19N3O/c1-10(11-4-3-6-14-8-11)16-12(17)13(2)5-7-15-9-13/h3-4,6,8,10,15H,5,7,9H2,1-2H3,(H,16,17)/t10-,13?/m1/s1. The monoisotopic (exact) mass is 233 g/mol. The van der Waals surface area contributed by atoms with Crippen molar-refractivity contribution in [3.8, 4) is 0 Å². The highest BCUT2D eigenvalue weighted by Crippen LogP contribution is 2.25. The van der Waals surface area contributed by atoms with Gasteiger partial charge in [0, 0.05) is 18.9 Å². The molecule has 1 amide bonds. The van der Waals surface area contributed by atoms with E-state index < -0.39 is 0 Å². The predicted octanol–water partition coefficient (Wildman–Crippen LogP) is 1.26. The van der Waals surface area contributed by atoms with Gasteiger partial charge in [-0.25, -0.2) is 0 Å². The zero-order chi connectivity index (χ0) is 12.3. The first kappa shape index (κ1) is 12.0. The van der Waals surface area contributed by atoms with Crippen molar-refractivity contribution in [1.29, 1.82) is 0 Å². The summed E-state index contributed by atoms with van der Waals surface area (Å²) in [6.45, 7) is 5.68. The smallest absolute Gasteiger partial charge is 0.227 e. The minimum absolute atomic E-state index is 0.00799. The molecule has 1 aromatic heterocycles. The molecule has 1 aliphatic rings. The van der Waals surface area contributed by atoms with Crippen molar-refractivity contribution in [2.24, 2.45) is 5.41 Å². The van der Waals surface area contributed by atoms with Gasteiger partial charge in [-0.1, -0.05) is 6.07 Å². The van der Waals surface area contributed by atoms with Crippen LogP contribution in [-0.4, -0.2) is 24.0 Å². The molecule has 2 atom stereocenters. The molecule has 4 nitrogen and oxygen atoms in total. The fourth-order valence-corrected chi connectivity index (χ4v) is 2.10. The average molecular weight is 233 g/mol. The lowest BCUT2D eigenvalue weighted by atomic mass is 9.88. The quantitative estimate of drug-likeness (QED) is 0.826. The summed E-state index contributed by atoms with van der Waals surface area (Å²) < 4.78 is 0. The van der Waals surface area contributed by atoms with Crippen LogP contribution in [0.1, 0.15) is 31.9 Å². The van der Waals surface area contributed by atoms with Crippen LogP contribution in [0.5, 0.6) is 0 Å². The maximum Gasteiger partial charge on any atom is 0.227 e. The van der Waals surface area contributed by atoms with E-state index in [1.54, 1.807) is 12.4 Å². The topological polar surface area (TPSA) is 54.0 Å². The number of nitrogens with zero attached hydrogens (tertiary/aromatic N) is 1. The van der Waals surface area contributed by atoms with Gasteiger partial charge >= 0.3 is 0 Å². The Bertz CT molecular complexity index is 385. The molecule has 0 saturated carbocycles. The van der Waals surface area contributed by atoms with E-state index in [9.17, 15) is 4.79 Å². The predicted molar refractivity (Wildman–Crippen MR) is 66.4 cm³/mol. The zero-order valence-electron chi connectivity index (χ0n) is 10.4. The van der Waals surface area contributed by atoms with Crippen LogP contribution in [-0.2, 0) is 4.79 Å². The van der Waals surface area contributed by atoms with E-state index in [4.69, 9.17) is 0 Å². The average Bonchev–Trinajstić information content (AvgIpc) is 2.78. The Morgan fingerprint density at radius 2 is 2.47 bits per heavy atom. The van der Waals surface area contributed by atoms with Crippen LogP contribution in [0.25, 0.3) is 0 Å². The molecule has 1 aromatic rings. The first-order valence-electron chi connectivity index (χ1n) is 6.03. The van der Waals surface area contributed by atoms with Crippen molar-refractivity contribution in [3.63, 3.8) is 0 Å². The Morgan fingerprint density at radius 3 is 3.06 bits per heavy atom. The highest BCUT2D eigenvalue weighted by molar-refractivity contribution is 5.83. The van der Waals surface area contributed by atoms with Crippen LogP contribution in [0.2, 0.25) is 0 Å². The van der Waals surface area contributed by atoms with E-state index in [-0.39, 0.29) is 17.4 Å². The van der Waals surface area contributed by atoms with Gasteiger partial charge in [-0.15, -0.1) is 0 Å². The summed E-state index contributed by atoms with van der Waals surface area (Å²) in [5.74, 6) is 0.124. The van der Waals surface area contributed by atoms with E-state index in [0.717, 1.165) is 25.1 Å². The molecule has 0 aliphatic carbocycles. The van der Waals surface area contributed by atoms with Gasteiger partial charge in [-0.2, -0.15) is 0 Å². The molecule has 2 N–H and O–H groups in total. The third kappa shape index (κ3) is 2.64. The summed E-state index contributed by atoms with van der Waals surface area (Å²) in [6.07, 6.45) is 4.43. The van der Waals surface area contributed by atoms with Crippen LogP contribution in [0.15, 0.2) is 24.5 Å². The fraction of sp³-hybridized carbons (Fsp3) is 0.538. The van der Waals surface area contributed by atoms with Gasteiger partial charge in [0.2, 0.25) is 5.91 Å². The molecule has 0 spiro atoms. The van der Waals surface area contributed by atoms with Gasteiger partial charge in [-0.05, 0) is 38.4 Å². The fourth-order valence-electron chi connectivity index (χ4n) is 2.10. The Hall–Kier alpha value is -1.42. The number of aromatic nitrogens is 1. The van der Waals surface area contributed by atoms with Crippen molar-refractivity contribution in [3.05, 3.63) is 30.1 Å². The minimum Gasteiger partial charge on any atom is -0.349 e. The van der Waals surface area contributed by atoms with Crippen LogP contribution in [0.4, 0.5) is 0 Å². The van der Waals surface area contributed by atoms with Gasteiger partial charge in [0.15, 0.2) is 0 Å². The highest BCUT2D eigenvalue weighted by atomic mass is 16.2. The molecule has 2 heterocycles. The van der Waals surface area contributed by atoms with Crippen molar-refractivity contribution in [2.45, 2.75) is 26.3 Å². The molecule has 0 aromatic carbocycles. The van der Waals surface area contributed by atoms with Gasteiger partial charge in [0.05, 0.1) is 11.5 Å². The largest absolute Gasteiger partial charge is 0.349 e. The maximum atomic E-state index is 12.2. The van der Waals surface area contributed by atoms with Crippen molar-refractivity contribution >= 4 is 5.91 Å². The molecule has 0 radical (unpaired) electrons. The molecular weight excluding hydrogens is 214 g/mol. The van der Waals surface area contributed by atoms with E-state index >= 15 is 0 Å².